The Morgan fingerprint density at radius 3 is 2.44 bits per heavy atom. The summed E-state index contributed by atoms with van der Waals surface area (Å²) in [5.41, 5.74) is 7.93. The molecule has 1 aliphatic heterocycles. The molecule has 0 spiro atoms. The van der Waals surface area contributed by atoms with E-state index in [1.165, 1.54) is 7.11 Å². The van der Waals surface area contributed by atoms with Crippen LogP contribution in [0.4, 0.5) is 0 Å². The van der Waals surface area contributed by atoms with Crippen LogP contribution in [0.5, 0.6) is 17.2 Å². The molecule has 0 radical (unpaired) electrons. The summed E-state index contributed by atoms with van der Waals surface area (Å²) in [6.07, 6.45) is 1.59. The van der Waals surface area contributed by atoms with Crippen LogP contribution in [0.1, 0.15) is 49.9 Å². The monoisotopic (exact) mass is 442 g/mol. The fourth-order valence-corrected chi connectivity index (χ4v) is 4.10. The van der Waals surface area contributed by atoms with Gasteiger partial charge >= 0.3 is 5.97 Å². The predicted molar refractivity (Wildman–Crippen MR) is 120 cm³/mol. The minimum absolute atomic E-state index is 0.0770. The molecule has 0 saturated heterocycles. The first-order valence-electron chi connectivity index (χ1n) is 10.7. The van der Waals surface area contributed by atoms with Crippen molar-refractivity contribution in [2.75, 3.05) is 20.8 Å². The van der Waals surface area contributed by atoms with Crippen molar-refractivity contribution in [2.45, 2.75) is 46.1 Å². The summed E-state index contributed by atoms with van der Waals surface area (Å²) in [6, 6.07) is 7.09. The molecule has 2 heterocycles. The molecular weight excluding hydrogens is 412 g/mol. The van der Waals surface area contributed by atoms with Gasteiger partial charge in [-0.3, -0.25) is 4.79 Å². The molecule has 0 bridgehead atoms. The quantitative estimate of drug-likeness (QED) is 0.627. The molecule has 0 amide bonds. The number of aryl methyl sites for hydroxylation is 1. The molecule has 32 heavy (non-hydrogen) atoms. The number of carbonyl (C=O) groups excluding carboxylic acids is 1. The Bertz CT molecular complexity index is 1100. The topological polar surface area (TPSA) is 102 Å². The number of hydrogen-bond donors (Lipinski definition) is 1. The molecule has 1 atom stereocenters. The van der Waals surface area contributed by atoms with Crippen molar-refractivity contribution in [1.29, 1.82) is 0 Å². The second kappa shape index (κ2) is 9.80. The minimum atomic E-state index is -0.779. The van der Waals surface area contributed by atoms with E-state index in [0.29, 0.717) is 34.9 Å². The maximum Gasteiger partial charge on any atom is 0.340 e. The lowest BCUT2D eigenvalue weighted by atomic mass is 9.83. The molecule has 2 N–H and O–H groups in total. The third kappa shape index (κ3) is 4.04. The van der Waals surface area contributed by atoms with Crippen molar-refractivity contribution in [3.8, 4) is 17.2 Å². The molecular formula is C24H30N2O6. The molecule has 172 valence electrons. The lowest BCUT2D eigenvalue weighted by molar-refractivity contribution is -0.139. The van der Waals surface area contributed by atoms with E-state index in [4.69, 9.17) is 24.7 Å². The van der Waals surface area contributed by atoms with Crippen molar-refractivity contribution in [3.05, 3.63) is 62.9 Å². The van der Waals surface area contributed by atoms with E-state index in [0.717, 1.165) is 18.5 Å². The van der Waals surface area contributed by atoms with Crippen LogP contribution < -0.4 is 25.5 Å². The molecule has 8 nitrogen and oxygen atoms in total. The molecule has 0 saturated carbocycles. The van der Waals surface area contributed by atoms with Crippen molar-refractivity contribution < 1.29 is 23.7 Å². The number of ether oxygens (including phenoxy) is 4. The van der Waals surface area contributed by atoms with Crippen LogP contribution in [0.2, 0.25) is 0 Å². The van der Waals surface area contributed by atoms with Gasteiger partial charge in [-0.25, -0.2) is 4.79 Å². The Balaban J connectivity index is 2.33. The van der Waals surface area contributed by atoms with E-state index in [9.17, 15) is 9.59 Å². The fraction of sp³-hybridized carbons (Fsp3) is 0.417. The number of rotatable bonds is 8. The van der Waals surface area contributed by atoms with Crippen molar-refractivity contribution >= 4 is 5.97 Å². The van der Waals surface area contributed by atoms with Gasteiger partial charge < -0.3 is 29.2 Å². The van der Waals surface area contributed by atoms with Gasteiger partial charge in [-0.15, -0.1) is 0 Å². The first-order chi connectivity index (χ1) is 15.4. The molecule has 2 aromatic rings. The highest BCUT2D eigenvalue weighted by molar-refractivity contribution is 5.92. The second-order valence-corrected chi connectivity index (χ2v) is 7.36. The normalized spacial score (nSPS) is 15.1. The lowest BCUT2D eigenvalue weighted by Gasteiger charge is -2.29. The zero-order valence-electron chi connectivity index (χ0n) is 19.2. The zero-order chi connectivity index (χ0) is 23.4. The molecule has 1 aliphatic rings. The van der Waals surface area contributed by atoms with Gasteiger partial charge in [-0.2, -0.15) is 0 Å². The molecule has 1 aromatic carbocycles. The van der Waals surface area contributed by atoms with Crippen LogP contribution in [0.3, 0.4) is 0 Å². The summed E-state index contributed by atoms with van der Waals surface area (Å²) in [7, 11) is 3.06. The third-order valence-corrected chi connectivity index (χ3v) is 5.51. The fourth-order valence-electron chi connectivity index (χ4n) is 4.10. The van der Waals surface area contributed by atoms with E-state index >= 15 is 0 Å². The maximum atomic E-state index is 13.6. The largest absolute Gasteiger partial charge is 0.493 e. The van der Waals surface area contributed by atoms with Crippen LogP contribution in [0.15, 0.2) is 40.5 Å². The minimum Gasteiger partial charge on any atom is -0.493 e. The number of benzene rings is 1. The van der Waals surface area contributed by atoms with E-state index < -0.39 is 11.9 Å². The van der Waals surface area contributed by atoms with Crippen molar-refractivity contribution in [2.24, 2.45) is 5.73 Å². The number of hydrogen-bond acceptors (Lipinski definition) is 7. The number of carbonyl (C=O) groups is 1. The van der Waals surface area contributed by atoms with Crippen molar-refractivity contribution in [1.82, 2.24) is 4.57 Å². The summed E-state index contributed by atoms with van der Waals surface area (Å²) >= 11 is 0. The average molecular weight is 443 g/mol. The Morgan fingerprint density at radius 1 is 1.12 bits per heavy atom. The Hall–Kier alpha value is -3.42. The van der Waals surface area contributed by atoms with Gasteiger partial charge in [0, 0.05) is 18.3 Å². The average Bonchev–Trinajstić information content (AvgIpc) is 2.78. The van der Waals surface area contributed by atoms with E-state index in [1.54, 1.807) is 36.8 Å². The van der Waals surface area contributed by atoms with E-state index in [-0.39, 0.29) is 23.6 Å². The number of esters is 1. The van der Waals surface area contributed by atoms with E-state index in [1.807, 2.05) is 19.9 Å². The third-order valence-electron chi connectivity index (χ3n) is 5.51. The number of nitrogens with zero attached hydrogens (tertiary/aromatic N) is 1. The lowest BCUT2D eigenvalue weighted by Crippen LogP contribution is -2.35. The summed E-state index contributed by atoms with van der Waals surface area (Å²) in [5.74, 6) is -0.130. The summed E-state index contributed by atoms with van der Waals surface area (Å²) in [6.45, 7) is 6.32. The molecule has 1 aromatic heterocycles. The van der Waals surface area contributed by atoms with Gasteiger partial charge in [-0.05, 0) is 38.0 Å². The van der Waals surface area contributed by atoms with Gasteiger partial charge in [0.1, 0.15) is 11.3 Å². The molecule has 0 fully saturated rings. The Labute approximate surface area is 187 Å². The van der Waals surface area contributed by atoms with Crippen LogP contribution in [-0.4, -0.2) is 31.4 Å². The van der Waals surface area contributed by atoms with Gasteiger partial charge in [-0.1, -0.05) is 19.4 Å². The highest BCUT2D eigenvalue weighted by atomic mass is 16.5. The number of methoxy groups -OCH3 is 2. The SMILES string of the molecule is CCCc1cc2c(c(=O)n1CC)C(c1ccc(OC)c(OC)c1)C(C(=O)OCC)=C(N)O2. The molecule has 8 heteroatoms. The number of aromatic nitrogens is 1. The van der Waals surface area contributed by atoms with Crippen molar-refractivity contribution in [3.63, 3.8) is 0 Å². The first kappa shape index (κ1) is 23.2. The molecule has 3 rings (SSSR count). The van der Waals surface area contributed by atoms with Gasteiger partial charge in [0.15, 0.2) is 11.5 Å². The number of nitrogens with two attached hydrogens (primary N) is 1. The number of pyridine rings is 1. The van der Waals surface area contributed by atoms with Crippen LogP contribution in [-0.2, 0) is 22.5 Å². The standard InChI is InChI=1S/C24H30N2O6/c1-6-9-15-13-18-20(23(27)26(15)7-2)19(21(22(25)32-18)24(28)31-8-3)14-10-11-16(29-4)17(12-14)30-5/h10-13,19H,6-9,25H2,1-5H3. The summed E-state index contributed by atoms with van der Waals surface area (Å²) < 4.78 is 23.6. The molecule has 1 unspecified atom stereocenters. The predicted octanol–water partition coefficient (Wildman–Crippen LogP) is 3.10. The highest BCUT2D eigenvalue weighted by Gasteiger charge is 2.38. The summed E-state index contributed by atoms with van der Waals surface area (Å²) in [5, 5.41) is 0. The number of fused-ring (bicyclic) bond motifs is 1. The zero-order valence-corrected chi connectivity index (χ0v) is 19.2. The maximum absolute atomic E-state index is 13.6. The van der Waals surface area contributed by atoms with Crippen LogP contribution in [0, 0.1) is 0 Å². The smallest absolute Gasteiger partial charge is 0.340 e. The Morgan fingerprint density at radius 2 is 1.84 bits per heavy atom. The first-order valence-corrected chi connectivity index (χ1v) is 10.7. The summed E-state index contributed by atoms with van der Waals surface area (Å²) in [4.78, 5) is 26.6. The van der Waals surface area contributed by atoms with Gasteiger partial charge in [0.05, 0.1) is 32.3 Å². The highest BCUT2D eigenvalue weighted by Crippen LogP contribution is 2.43. The van der Waals surface area contributed by atoms with Crippen LogP contribution in [0.25, 0.3) is 0 Å². The Kier molecular flexibility index (Phi) is 7.12. The van der Waals surface area contributed by atoms with Gasteiger partial charge in [0.25, 0.3) is 5.56 Å². The van der Waals surface area contributed by atoms with Crippen LogP contribution >= 0.6 is 0 Å². The van der Waals surface area contributed by atoms with E-state index in [2.05, 4.69) is 0 Å². The second-order valence-electron chi connectivity index (χ2n) is 7.36. The van der Waals surface area contributed by atoms with Gasteiger partial charge in [0.2, 0.25) is 5.88 Å². The molecule has 0 aliphatic carbocycles.